The Morgan fingerprint density at radius 2 is 1.95 bits per heavy atom. The van der Waals surface area contributed by atoms with E-state index in [4.69, 9.17) is 0 Å². The summed E-state index contributed by atoms with van der Waals surface area (Å²) in [6.07, 6.45) is 4.66. The van der Waals surface area contributed by atoms with Crippen molar-refractivity contribution in [3.8, 4) is 0 Å². The first-order valence-corrected chi connectivity index (χ1v) is 7.87. The van der Waals surface area contributed by atoms with Crippen molar-refractivity contribution >= 4 is 5.91 Å². The van der Waals surface area contributed by atoms with Crippen molar-refractivity contribution in [2.24, 2.45) is 5.92 Å². The van der Waals surface area contributed by atoms with Crippen molar-refractivity contribution in [1.29, 1.82) is 0 Å². The Morgan fingerprint density at radius 3 is 2.58 bits per heavy atom. The Kier molecular flexibility index (Phi) is 8.07. The summed E-state index contributed by atoms with van der Waals surface area (Å²) in [5.41, 5.74) is 0. The molecule has 0 aromatic carbocycles. The fourth-order valence-electron chi connectivity index (χ4n) is 2.41. The zero-order valence-corrected chi connectivity index (χ0v) is 12.9. The molecule has 2 N–H and O–H groups in total. The molecule has 4 heteroatoms. The number of likely N-dealkylation sites (tertiary alicyclic amines) is 1. The first-order valence-electron chi connectivity index (χ1n) is 7.87. The van der Waals surface area contributed by atoms with Gasteiger partial charge in [0.2, 0.25) is 5.91 Å². The van der Waals surface area contributed by atoms with Crippen LogP contribution >= 0.6 is 0 Å². The average molecular weight is 273 g/mol. The Bertz CT molecular complexity index is 259. The van der Waals surface area contributed by atoms with Gasteiger partial charge >= 0.3 is 0 Å². The van der Waals surface area contributed by atoms with Crippen LogP contribution in [-0.4, -0.2) is 49.6 Å². The van der Waals surface area contributed by atoms with Crippen LogP contribution in [-0.2, 0) is 4.79 Å². The quantitative estimate of drug-likeness (QED) is 0.599. The van der Waals surface area contributed by atoms with Crippen LogP contribution in [0.1, 0.15) is 49.3 Å². The molecule has 0 aromatic heterocycles. The highest BCUT2D eigenvalue weighted by Gasteiger charge is 2.31. The monoisotopic (exact) mass is 273 g/mol. The van der Waals surface area contributed by atoms with Gasteiger partial charge in [0.25, 0.3) is 0 Å². The van der Waals surface area contributed by atoms with Gasteiger partial charge in [-0.15, -0.1) is 0 Å². The Labute approximate surface area is 121 Å². The van der Waals surface area contributed by atoms with E-state index < -0.39 is 0 Å². The summed E-state index contributed by atoms with van der Waals surface area (Å²) in [7, 11) is 0. The third kappa shape index (κ3) is 6.92. The minimum absolute atomic E-state index is 0. The SMILES string of the molecule is CCCN1CC(C(=O)NCCCCCNC(C)C)C1.[HH].[HH]. The molecule has 1 saturated heterocycles. The van der Waals surface area contributed by atoms with E-state index in [-0.39, 0.29) is 14.7 Å². The maximum Gasteiger partial charge on any atom is 0.225 e. The number of rotatable bonds is 10. The third-order valence-electron chi connectivity index (χ3n) is 3.57. The number of hydrogen-bond donors (Lipinski definition) is 2. The molecule has 1 aliphatic heterocycles. The fourth-order valence-corrected chi connectivity index (χ4v) is 2.41. The molecule has 0 atom stereocenters. The van der Waals surface area contributed by atoms with E-state index >= 15 is 0 Å². The summed E-state index contributed by atoms with van der Waals surface area (Å²) in [4.78, 5) is 14.2. The summed E-state index contributed by atoms with van der Waals surface area (Å²) in [5, 5.41) is 6.47. The lowest BCUT2D eigenvalue weighted by Crippen LogP contribution is -2.53. The summed E-state index contributed by atoms with van der Waals surface area (Å²) >= 11 is 0. The number of carbonyl (C=O) groups excluding carboxylic acids is 1. The van der Waals surface area contributed by atoms with Crippen molar-refractivity contribution in [3.63, 3.8) is 0 Å². The highest BCUT2D eigenvalue weighted by Crippen LogP contribution is 2.15. The highest BCUT2D eigenvalue weighted by molar-refractivity contribution is 5.79. The van der Waals surface area contributed by atoms with E-state index in [0.717, 1.165) is 39.1 Å². The molecule has 0 aromatic rings. The van der Waals surface area contributed by atoms with Crippen molar-refractivity contribution in [3.05, 3.63) is 0 Å². The zero-order chi connectivity index (χ0) is 14.1. The molecule has 4 nitrogen and oxygen atoms in total. The molecule has 0 saturated carbocycles. The number of amides is 1. The Hall–Kier alpha value is -0.610. The molecular weight excluding hydrogens is 238 g/mol. The average Bonchev–Trinajstić information content (AvgIpc) is 2.31. The molecule has 19 heavy (non-hydrogen) atoms. The first kappa shape index (κ1) is 16.4. The molecule has 0 radical (unpaired) electrons. The Balaban J connectivity index is 0. The number of hydrogen-bond acceptors (Lipinski definition) is 3. The highest BCUT2D eigenvalue weighted by atomic mass is 16.2. The lowest BCUT2D eigenvalue weighted by molar-refractivity contribution is -0.130. The van der Waals surface area contributed by atoms with E-state index in [9.17, 15) is 4.79 Å². The number of carbonyl (C=O) groups is 1. The van der Waals surface area contributed by atoms with Gasteiger partial charge in [0.15, 0.2) is 0 Å². The van der Waals surface area contributed by atoms with Crippen LogP contribution in [0.15, 0.2) is 0 Å². The molecule has 1 rings (SSSR count). The van der Waals surface area contributed by atoms with Crippen molar-refractivity contribution in [2.75, 3.05) is 32.7 Å². The number of unbranched alkanes of at least 4 members (excludes halogenated alkanes) is 2. The van der Waals surface area contributed by atoms with E-state index in [1.54, 1.807) is 0 Å². The maximum absolute atomic E-state index is 11.8. The lowest BCUT2D eigenvalue weighted by atomic mass is 9.99. The van der Waals surface area contributed by atoms with Gasteiger partial charge in [-0.2, -0.15) is 0 Å². The standard InChI is InChI=1S/C15H31N3O.2H2/c1-4-10-18-11-14(12-18)15(19)17-9-7-5-6-8-16-13(2)3;;/h13-14,16H,4-12H2,1-3H3,(H,17,19);2*1H. The molecule has 1 heterocycles. The molecule has 0 aliphatic carbocycles. The van der Waals surface area contributed by atoms with E-state index in [1.807, 2.05) is 0 Å². The fraction of sp³-hybridized carbons (Fsp3) is 0.933. The van der Waals surface area contributed by atoms with Crippen molar-refractivity contribution in [1.82, 2.24) is 15.5 Å². The van der Waals surface area contributed by atoms with E-state index in [0.29, 0.717) is 6.04 Å². The lowest BCUT2D eigenvalue weighted by Gasteiger charge is -2.38. The van der Waals surface area contributed by atoms with E-state index in [1.165, 1.54) is 19.3 Å². The van der Waals surface area contributed by atoms with Crippen LogP contribution in [0.2, 0.25) is 0 Å². The second-order valence-corrected chi connectivity index (χ2v) is 5.92. The van der Waals surface area contributed by atoms with Crippen molar-refractivity contribution < 1.29 is 7.65 Å². The smallest absolute Gasteiger partial charge is 0.225 e. The summed E-state index contributed by atoms with van der Waals surface area (Å²) in [6.45, 7) is 11.5. The molecule has 1 aliphatic rings. The van der Waals surface area contributed by atoms with Gasteiger partial charge < -0.3 is 15.5 Å². The van der Waals surface area contributed by atoms with Crippen LogP contribution in [0.3, 0.4) is 0 Å². The van der Waals surface area contributed by atoms with Crippen molar-refractivity contribution in [2.45, 2.75) is 52.5 Å². The van der Waals surface area contributed by atoms with Gasteiger partial charge in [0.1, 0.15) is 0 Å². The van der Waals surface area contributed by atoms with Crippen LogP contribution in [0.25, 0.3) is 0 Å². The van der Waals surface area contributed by atoms with Crippen LogP contribution in [0.5, 0.6) is 0 Å². The van der Waals surface area contributed by atoms with Gasteiger partial charge in [-0.05, 0) is 32.4 Å². The van der Waals surface area contributed by atoms with E-state index in [2.05, 4.69) is 36.3 Å². The van der Waals surface area contributed by atoms with Gasteiger partial charge in [0.05, 0.1) is 5.92 Å². The largest absolute Gasteiger partial charge is 0.356 e. The second kappa shape index (κ2) is 9.32. The van der Waals surface area contributed by atoms with Crippen LogP contribution < -0.4 is 10.6 Å². The predicted molar refractivity (Wildman–Crippen MR) is 84.4 cm³/mol. The third-order valence-corrected chi connectivity index (χ3v) is 3.57. The van der Waals surface area contributed by atoms with Gasteiger partial charge in [-0.25, -0.2) is 0 Å². The number of nitrogens with one attached hydrogen (secondary N) is 2. The summed E-state index contributed by atoms with van der Waals surface area (Å²) in [6, 6.07) is 0.574. The van der Waals surface area contributed by atoms with Gasteiger partial charge in [-0.1, -0.05) is 27.2 Å². The van der Waals surface area contributed by atoms with Gasteiger partial charge in [0, 0.05) is 28.5 Å². The van der Waals surface area contributed by atoms with Crippen LogP contribution in [0, 0.1) is 5.92 Å². The molecule has 0 spiro atoms. The second-order valence-electron chi connectivity index (χ2n) is 5.92. The zero-order valence-electron chi connectivity index (χ0n) is 12.9. The number of nitrogens with zero attached hydrogens (tertiary/aromatic N) is 1. The minimum Gasteiger partial charge on any atom is -0.356 e. The van der Waals surface area contributed by atoms with Gasteiger partial charge in [-0.3, -0.25) is 4.79 Å². The first-order chi connectivity index (χ1) is 9.13. The van der Waals surface area contributed by atoms with Crippen LogP contribution in [0.4, 0.5) is 0 Å². The molecule has 0 unspecified atom stereocenters. The maximum atomic E-state index is 11.8. The predicted octanol–water partition coefficient (Wildman–Crippen LogP) is 2.10. The topological polar surface area (TPSA) is 44.4 Å². The molecule has 116 valence electrons. The Morgan fingerprint density at radius 1 is 1.26 bits per heavy atom. The minimum atomic E-state index is 0. The summed E-state index contributed by atoms with van der Waals surface area (Å²) in [5.74, 6) is 0.502. The molecule has 1 fully saturated rings. The normalized spacial score (nSPS) is 16.6. The molecular formula is C15H35N3O. The molecule has 0 bridgehead atoms. The molecule has 1 amide bonds. The summed E-state index contributed by atoms with van der Waals surface area (Å²) < 4.78 is 0.